The number of benzene rings is 2. The number of rotatable bonds is 8. The molecule has 4 rings (SSSR count). The van der Waals surface area contributed by atoms with E-state index in [-0.39, 0.29) is 11.6 Å². The van der Waals surface area contributed by atoms with Crippen LogP contribution in [-0.2, 0) is 4.74 Å². The maximum atomic E-state index is 11.1. The van der Waals surface area contributed by atoms with Gasteiger partial charge in [-0.1, -0.05) is 0 Å². The highest BCUT2D eigenvalue weighted by atomic mass is 16.6. The van der Waals surface area contributed by atoms with E-state index in [0.717, 1.165) is 24.5 Å². The van der Waals surface area contributed by atoms with Crippen LogP contribution in [0.4, 0.5) is 34.5 Å². The molecule has 3 aromatic rings. The van der Waals surface area contributed by atoms with Crippen molar-refractivity contribution in [3.8, 4) is 11.5 Å². The van der Waals surface area contributed by atoms with Gasteiger partial charge >= 0.3 is 0 Å². The standard InChI is InChI=1S/C22H24N6O5/c1-31-19-6-4-16(28(29)30)13-18(19)25-22-23-8-7-21(26-22)24-17-5-3-15(14-20(17)32-2)27-9-11-33-12-10-27/h3-8,13-14H,9-12H2,1-2H3,(H2,23,24,25,26). The third-order valence-electron chi connectivity index (χ3n) is 5.12. The maximum Gasteiger partial charge on any atom is 0.271 e. The van der Waals surface area contributed by atoms with Gasteiger partial charge in [-0.05, 0) is 24.3 Å². The van der Waals surface area contributed by atoms with Crippen molar-refractivity contribution in [3.05, 3.63) is 58.8 Å². The van der Waals surface area contributed by atoms with Crippen molar-refractivity contribution >= 4 is 34.5 Å². The van der Waals surface area contributed by atoms with E-state index < -0.39 is 4.92 Å². The molecular weight excluding hydrogens is 428 g/mol. The monoisotopic (exact) mass is 452 g/mol. The number of nitrogens with one attached hydrogen (secondary N) is 2. The van der Waals surface area contributed by atoms with Crippen LogP contribution in [0.3, 0.4) is 0 Å². The van der Waals surface area contributed by atoms with Crippen LogP contribution >= 0.6 is 0 Å². The van der Waals surface area contributed by atoms with E-state index >= 15 is 0 Å². The molecule has 0 aliphatic carbocycles. The fourth-order valence-corrected chi connectivity index (χ4v) is 3.46. The molecule has 2 aromatic carbocycles. The second-order valence-electron chi connectivity index (χ2n) is 7.14. The van der Waals surface area contributed by atoms with Crippen molar-refractivity contribution in [2.75, 3.05) is 56.1 Å². The summed E-state index contributed by atoms with van der Waals surface area (Å²) in [5.41, 5.74) is 2.12. The highest BCUT2D eigenvalue weighted by Gasteiger charge is 2.15. The largest absolute Gasteiger partial charge is 0.495 e. The lowest BCUT2D eigenvalue weighted by molar-refractivity contribution is -0.384. The molecule has 2 heterocycles. The molecular formula is C22H24N6O5. The Morgan fingerprint density at radius 1 is 1.00 bits per heavy atom. The molecule has 0 unspecified atom stereocenters. The number of nitro groups is 1. The quantitative estimate of drug-likeness (QED) is 0.386. The predicted octanol–water partition coefficient (Wildman–Crippen LogP) is 3.73. The van der Waals surface area contributed by atoms with Crippen LogP contribution in [0.5, 0.6) is 11.5 Å². The molecule has 172 valence electrons. The second-order valence-corrected chi connectivity index (χ2v) is 7.14. The Kier molecular flexibility index (Phi) is 6.69. The molecule has 0 spiro atoms. The molecule has 1 fully saturated rings. The van der Waals surface area contributed by atoms with Crippen LogP contribution in [0.15, 0.2) is 48.7 Å². The zero-order valence-electron chi connectivity index (χ0n) is 18.3. The van der Waals surface area contributed by atoms with Gasteiger partial charge in [0.15, 0.2) is 0 Å². The van der Waals surface area contributed by atoms with Crippen molar-refractivity contribution in [1.82, 2.24) is 9.97 Å². The lowest BCUT2D eigenvalue weighted by Crippen LogP contribution is -2.36. The first-order valence-corrected chi connectivity index (χ1v) is 10.3. The van der Waals surface area contributed by atoms with Gasteiger partial charge in [0, 0.05) is 43.2 Å². The van der Waals surface area contributed by atoms with E-state index in [1.54, 1.807) is 19.4 Å². The van der Waals surface area contributed by atoms with E-state index in [2.05, 4.69) is 25.5 Å². The molecule has 11 nitrogen and oxygen atoms in total. The zero-order chi connectivity index (χ0) is 23.2. The number of morpholine rings is 1. The van der Waals surface area contributed by atoms with Gasteiger partial charge in [-0.2, -0.15) is 4.98 Å². The summed E-state index contributed by atoms with van der Waals surface area (Å²) in [5, 5.41) is 17.3. The second kappa shape index (κ2) is 10.0. The fourth-order valence-electron chi connectivity index (χ4n) is 3.46. The normalized spacial score (nSPS) is 13.3. The number of nitro benzene ring substituents is 1. The molecule has 0 amide bonds. The lowest BCUT2D eigenvalue weighted by atomic mass is 10.2. The highest BCUT2D eigenvalue weighted by molar-refractivity contribution is 5.70. The van der Waals surface area contributed by atoms with E-state index in [9.17, 15) is 10.1 Å². The fraction of sp³-hybridized carbons (Fsp3) is 0.273. The van der Waals surface area contributed by atoms with Gasteiger partial charge in [-0.15, -0.1) is 0 Å². The lowest BCUT2D eigenvalue weighted by Gasteiger charge is -2.29. The number of hydrogen-bond acceptors (Lipinski definition) is 10. The maximum absolute atomic E-state index is 11.1. The molecule has 1 aliphatic rings. The minimum atomic E-state index is -0.476. The number of ether oxygens (including phenoxy) is 3. The Bertz CT molecular complexity index is 1140. The first-order chi connectivity index (χ1) is 16.1. The highest BCUT2D eigenvalue weighted by Crippen LogP contribution is 2.33. The van der Waals surface area contributed by atoms with Crippen molar-refractivity contribution in [3.63, 3.8) is 0 Å². The third-order valence-corrected chi connectivity index (χ3v) is 5.12. The van der Waals surface area contributed by atoms with Gasteiger partial charge in [0.2, 0.25) is 5.95 Å². The summed E-state index contributed by atoms with van der Waals surface area (Å²) in [5.74, 6) is 1.88. The van der Waals surface area contributed by atoms with Crippen LogP contribution in [-0.4, -0.2) is 55.4 Å². The van der Waals surface area contributed by atoms with Crippen molar-refractivity contribution < 1.29 is 19.1 Å². The van der Waals surface area contributed by atoms with Crippen molar-refractivity contribution in [2.45, 2.75) is 0 Å². The number of aromatic nitrogens is 2. The number of methoxy groups -OCH3 is 2. The van der Waals surface area contributed by atoms with Gasteiger partial charge in [-0.25, -0.2) is 4.98 Å². The van der Waals surface area contributed by atoms with Gasteiger partial charge in [-0.3, -0.25) is 10.1 Å². The summed E-state index contributed by atoms with van der Waals surface area (Å²) in [6, 6.07) is 11.9. The summed E-state index contributed by atoms with van der Waals surface area (Å²) in [6.45, 7) is 3.07. The average molecular weight is 452 g/mol. The van der Waals surface area contributed by atoms with Crippen molar-refractivity contribution in [2.24, 2.45) is 0 Å². The topological polar surface area (TPSA) is 124 Å². The first kappa shape index (κ1) is 22.1. The molecule has 0 radical (unpaired) electrons. The van der Waals surface area contributed by atoms with Crippen LogP contribution in [0.1, 0.15) is 0 Å². The molecule has 0 bridgehead atoms. The minimum Gasteiger partial charge on any atom is -0.495 e. The van der Waals surface area contributed by atoms with Crippen LogP contribution < -0.4 is 25.0 Å². The van der Waals surface area contributed by atoms with E-state index in [1.165, 1.54) is 25.3 Å². The number of anilines is 5. The van der Waals surface area contributed by atoms with Gasteiger partial charge < -0.3 is 29.7 Å². The average Bonchev–Trinajstić information content (AvgIpc) is 2.85. The molecule has 33 heavy (non-hydrogen) atoms. The smallest absolute Gasteiger partial charge is 0.271 e. The molecule has 1 aliphatic heterocycles. The molecule has 1 saturated heterocycles. The molecule has 2 N–H and O–H groups in total. The molecule has 0 saturated carbocycles. The van der Waals surface area contributed by atoms with Gasteiger partial charge in [0.25, 0.3) is 5.69 Å². The van der Waals surface area contributed by atoms with Crippen LogP contribution in [0.25, 0.3) is 0 Å². The van der Waals surface area contributed by atoms with E-state index in [4.69, 9.17) is 14.2 Å². The Labute approximate surface area is 190 Å². The van der Waals surface area contributed by atoms with E-state index in [1.807, 2.05) is 18.2 Å². The van der Waals surface area contributed by atoms with Crippen LogP contribution in [0, 0.1) is 10.1 Å². The number of nitrogens with zero attached hydrogens (tertiary/aromatic N) is 4. The number of non-ortho nitro benzene ring substituents is 1. The SMILES string of the molecule is COc1cc(N2CCOCC2)ccc1Nc1ccnc(Nc2cc([N+](=O)[O-])ccc2OC)n1. The van der Waals surface area contributed by atoms with Crippen molar-refractivity contribution in [1.29, 1.82) is 0 Å². The third kappa shape index (κ3) is 5.21. The summed E-state index contributed by atoms with van der Waals surface area (Å²) in [4.78, 5) is 21.6. The Hall–Kier alpha value is -4.12. The summed E-state index contributed by atoms with van der Waals surface area (Å²) >= 11 is 0. The first-order valence-electron chi connectivity index (χ1n) is 10.3. The van der Waals surface area contributed by atoms with E-state index in [0.29, 0.717) is 36.2 Å². The Morgan fingerprint density at radius 3 is 2.52 bits per heavy atom. The predicted molar refractivity (Wildman–Crippen MR) is 124 cm³/mol. The summed E-state index contributed by atoms with van der Waals surface area (Å²) in [6.07, 6.45) is 1.58. The molecule has 11 heteroatoms. The zero-order valence-corrected chi connectivity index (χ0v) is 18.3. The minimum absolute atomic E-state index is 0.0716. The molecule has 1 aromatic heterocycles. The number of hydrogen-bond donors (Lipinski definition) is 2. The Morgan fingerprint density at radius 2 is 1.79 bits per heavy atom. The summed E-state index contributed by atoms with van der Waals surface area (Å²) in [7, 11) is 3.10. The van der Waals surface area contributed by atoms with Crippen LogP contribution in [0.2, 0.25) is 0 Å². The summed E-state index contributed by atoms with van der Waals surface area (Å²) < 4.78 is 16.3. The van der Waals surface area contributed by atoms with Gasteiger partial charge in [0.1, 0.15) is 17.3 Å². The van der Waals surface area contributed by atoms with Gasteiger partial charge in [0.05, 0.1) is 43.7 Å². The Balaban J connectivity index is 1.54. The molecule has 0 atom stereocenters.